The number of aryl methyl sites for hydroxylation is 2. The van der Waals surface area contributed by atoms with Gasteiger partial charge in [-0.15, -0.1) is 0 Å². The zero-order valence-electron chi connectivity index (χ0n) is 30.1. The number of benzene rings is 4. The topological polar surface area (TPSA) is 152 Å². The Morgan fingerprint density at radius 2 is 1.10 bits per heavy atom. The molecule has 0 atom stereocenters. The van der Waals surface area contributed by atoms with E-state index in [1.54, 1.807) is 17.1 Å². The van der Waals surface area contributed by atoms with Crippen LogP contribution in [-0.2, 0) is 22.5 Å². The molecule has 1 amide bonds. The molecule has 0 spiro atoms. The summed E-state index contributed by atoms with van der Waals surface area (Å²) in [6.45, 7) is 11.6. The van der Waals surface area contributed by atoms with Gasteiger partial charge in [-0.05, 0) is 87.5 Å². The fraction of sp³-hybridized carbons (Fsp3) is 0.282. The summed E-state index contributed by atoms with van der Waals surface area (Å²) in [5.74, 6) is 6.92. The Balaban J connectivity index is 0.000000414. The minimum atomic E-state index is -0.760. The molecule has 0 unspecified atom stereocenters. The fourth-order valence-corrected chi connectivity index (χ4v) is 4.78. The number of nitrogens with one attached hydrogen (secondary N) is 1. The molecule has 2 heterocycles. The van der Waals surface area contributed by atoms with E-state index < -0.39 is 16.7 Å². The van der Waals surface area contributed by atoms with Gasteiger partial charge >= 0.3 is 29.6 Å². The molecule has 2 aliphatic heterocycles. The number of amides is 1. The van der Waals surface area contributed by atoms with E-state index in [1.807, 2.05) is 125 Å². The summed E-state index contributed by atoms with van der Waals surface area (Å²) in [6, 6.07) is 34.3. The van der Waals surface area contributed by atoms with Crippen molar-refractivity contribution in [2.45, 2.75) is 73.3 Å². The largest absolute Gasteiger partial charge is 1.00 e. The Kier molecular flexibility index (Phi) is 18.2. The number of halogens is 1. The fourth-order valence-electron chi connectivity index (χ4n) is 4.65. The summed E-state index contributed by atoms with van der Waals surface area (Å²) in [6.07, 6.45) is 1.93. The molecule has 2 aliphatic rings. The van der Waals surface area contributed by atoms with Crippen molar-refractivity contribution in [3.8, 4) is 0 Å². The van der Waals surface area contributed by atoms with Gasteiger partial charge in [0.2, 0.25) is 11.4 Å². The van der Waals surface area contributed by atoms with Crippen molar-refractivity contribution in [3.05, 3.63) is 143 Å². The van der Waals surface area contributed by atoms with Crippen molar-refractivity contribution < 1.29 is 54.3 Å². The average Bonchev–Trinajstić information content (AvgIpc) is 3.57. The summed E-state index contributed by atoms with van der Waals surface area (Å²) in [5, 5.41) is 10.9. The smallest absolute Gasteiger partial charge is 0.870 e. The van der Waals surface area contributed by atoms with Crippen LogP contribution in [0.2, 0.25) is 0 Å². The van der Waals surface area contributed by atoms with Gasteiger partial charge in [0, 0.05) is 22.3 Å². The van der Waals surface area contributed by atoms with Crippen LogP contribution in [0.1, 0.15) is 91.9 Å². The molecule has 4 aromatic carbocycles. The quantitative estimate of drug-likeness (QED) is 0.157. The van der Waals surface area contributed by atoms with Gasteiger partial charge in [-0.2, -0.15) is 0 Å². The third kappa shape index (κ3) is 11.9. The second kappa shape index (κ2) is 20.7. The molecular formula is C39H48ClN6NaO5. The van der Waals surface area contributed by atoms with Gasteiger partial charge in [0.1, 0.15) is 0 Å². The summed E-state index contributed by atoms with van der Waals surface area (Å²) >= 11 is 5.26. The first-order valence-corrected chi connectivity index (χ1v) is 16.4. The van der Waals surface area contributed by atoms with Crippen LogP contribution in [0.4, 0.5) is 0 Å². The second-order valence-corrected chi connectivity index (χ2v) is 12.5. The predicted octanol–water partition coefficient (Wildman–Crippen LogP) is 4.71. The number of carbonyl (C=O) groups excluding carboxylic acids is 2. The van der Waals surface area contributed by atoms with Crippen LogP contribution in [0.15, 0.2) is 120 Å². The van der Waals surface area contributed by atoms with E-state index >= 15 is 0 Å². The molecular weight excluding hydrogens is 691 g/mol. The molecule has 52 heavy (non-hydrogen) atoms. The number of nitrogens with zero attached hydrogens (tertiary/aromatic N) is 4. The van der Waals surface area contributed by atoms with Gasteiger partial charge in [-0.1, -0.05) is 117 Å². The monoisotopic (exact) mass is 738 g/mol. The van der Waals surface area contributed by atoms with E-state index in [0.717, 1.165) is 24.0 Å². The molecule has 0 radical (unpaired) electrons. The summed E-state index contributed by atoms with van der Waals surface area (Å²) < 4.78 is 0. The molecule has 0 saturated heterocycles. The van der Waals surface area contributed by atoms with Gasteiger partial charge < -0.3 is 15.2 Å². The summed E-state index contributed by atoms with van der Waals surface area (Å²) in [4.78, 5) is 33.9. The first-order chi connectivity index (χ1) is 23.4. The van der Waals surface area contributed by atoms with Crippen LogP contribution >= 0.6 is 11.6 Å². The molecule has 0 aromatic heterocycles. The number of carbonyl (C=O) groups is 2. The average molecular weight is 739 g/mol. The van der Waals surface area contributed by atoms with E-state index in [2.05, 4.69) is 29.6 Å². The van der Waals surface area contributed by atoms with Gasteiger partial charge in [0.15, 0.2) is 11.7 Å². The molecule has 0 aliphatic carbocycles. The zero-order valence-corrected chi connectivity index (χ0v) is 32.9. The van der Waals surface area contributed by atoms with Crippen molar-refractivity contribution in [1.29, 1.82) is 0 Å². The molecule has 0 fully saturated rings. The molecule has 6 rings (SSSR count). The summed E-state index contributed by atoms with van der Waals surface area (Å²) in [5.41, 5.74) is 6.99. The molecule has 0 saturated carbocycles. The normalized spacial score (nSPS) is 14.4. The van der Waals surface area contributed by atoms with Gasteiger partial charge in [0.05, 0.1) is 0 Å². The van der Waals surface area contributed by atoms with Crippen molar-refractivity contribution >= 4 is 34.4 Å². The molecule has 0 bridgehead atoms. The molecule has 13 heteroatoms. The first kappa shape index (κ1) is 45.8. The van der Waals surface area contributed by atoms with Crippen molar-refractivity contribution in [2.24, 2.45) is 16.2 Å². The van der Waals surface area contributed by atoms with Crippen LogP contribution in [0.25, 0.3) is 0 Å². The van der Waals surface area contributed by atoms with Crippen LogP contribution in [0, 0.1) is 0 Å². The Hall–Kier alpha value is -4.23. The Morgan fingerprint density at radius 1 is 0.692 bits per heavy atom. The van der Waals surface area contributed by atoms with E-state index in [9.17, 15) is 9.59 Å². The third-order valence-corrected chi connectivity index (χ3v) is 7.98. The molecule has 272 valence electrons. The van der Waals surface area contributed by atoms with Crippen molar-refractivity contribution in [1.82, 2.24) is 15.4 Å². The Bertz CT molecular complexity index is 1770. The van der Waals surface area contributed by atoms with Crippen LogP contribution in [0.3, 0.4) is 0 Å². The molecule has 4 N–H and O–H groups in total. The number of oxime groups is 2. The van der Waals surface area contributed by atoms with Crippen LogP contribution in [-0.4, -0.2) is 49.8 Å². The standard InChI is InChI=1S/C19H21N3O2.C10H13N3O.C9H9ClO.CH4.Na.H2O/c1-4-14-10-12-16(13-11-14)18(23)20-22-17(21-24-19(22,2)3)15-8-6-5-7-9-15;1-10(2)13(11)9(12-14-10)8-6-4-3-5-7-8;1-2-7-3-5-8(6-4-7)9(10)11;;;/h5-13H,4H2,1-3H3,(H,20,23);3-7H,11H2,1-2H3;3-6H,2H2,1H3;1H4;;1H2/q;;;;+1;/p-1. The predicted molar refractivity (Wildman–Crippen MR) is 202 cm³/mol. The third-order valence-electron chi connectivity index (χ3n) is 7.76. The second-order valence-electron chi connectivity index (χ2n) is 12.2. The summed E-state index contributed by atoms with van der Waals surface area (Å²) in [7, 11) is 0. The maximum atomic E-state index is 12.6. The minimum absolute atomic E-state index is 0. The maximum absolute atomic E-state index is 12.6. The van der Waals surface area contributed by atoms with Crippen LogP contribution in [0.5, 0.6) is 0 Å². The van der Waals surface area contributed by atoms with Crippen LogP contribution < -0.4 is 40.8 Å². The maximum Gasteiger partial charge on any atom is 1.00 e. The Morgan fingerprint density at radius 3 is 1.50 bits per heavy atom. The number of hydrogen-bond donors (Lipinski definition) is 2. The van der Waals surface area contributed by atoms with E-state index in [4.69, 9.17) is 27.1 Å². The van der Waals surface area contributed by atoms with E-state index in [-0.39, 0.29) is 48.4 Å². The first-order valence-electron chi connectivity index (χ1n) is 16.0. The number of rotatable bonds is 7. The van der Waals surface area contributed by atoms with Gasteiger partial charge in [-0.25, -0.2) is 15.9 Å². The van der Waals surface area contributed by atoms with E-state index in [1.165, 1.54) is 16.1 Å². The van der Waals surface area contributed by atoms with Gasteiger partial charge in [0.25, 0.3) is 11.1 Å². The Labute approximate surface area is 334 Å². The van der Waals surface area contributed by atoms with E-state index in [0.29, 0.717) is 22.8 Å². The van der Waals surface area contributed by atoms with Crippen molar-refractivity contribution in [3.63, 3.8) is 0 Å². The van der Waals surface area contributed by atoms with Crippen molar-refractivity contribution in [2.75, 3.05) is 0 Å². The zero-order chi connectivity index (χ0) is 35.6. The molecule has 4 aromatic rings. The number of hydrogen-bond acceptors (Lipinski definition) is 10. The van der Waals surface area contributed by atoms with Gasteiger partial charge in [-0.3, -0.25) is 15.0 Å². The number of hydrazine groups is 2. The SMILES string of the molecule is C.CC1(C)ON=C(c2ccccc2)N1N.CCc1ccc(C(=O)Cl)cc1.CCc1ccc(C(=O)NN2C(c3ccccc3)=NOC2(C)C)cc1.[Na+].[OH-]. The number of nitrogens with two attached hydrogens (primary N) is 1. The minimum Gasteiger partial charge on any atom is -0.870 e. The number of amidine groups is 2. The molecule has 11 nitrogen and oxygen atoms in total.